The predicted molar refractivity (Wildman–Crippen MR) is 208 cm³/mol. The number of hydrogen-bond donors (Lipinski definition) is 5. The Labute approximate surface area is 332 Å². The second-order valence-corrected chi connectivity index (χ2v) is 16.9. The maximum Gasteiger partial charge on any atom is 0.416 e. The van der Waals surface area contributed by atoms with Gasteiger partial charge in [0.2, 0.25) is 17.7 Å². The summed E-state index contributed by atoms with van der Waals surface area (Å²) in [4.78, 5) is 62.2. The van der Waals surface area contributed by atoms with Crippen LogP contribution in [0.15, 0.2) is 24.5 Å². The van der Waals surface area contributed by atoms with E-state index in [4.69, 9.17) is 9.47 Å². The number of rotatable bonds is 15. The Morgan fingerprint density at radius 2 is 1.68 bits per heavy atom. The Bertz CT molecular complexity index is 1700. The van der Waals surface area contributed by atoms with E-state index in [2.05, 4.69) is 50.4 Å². The third kappa shape index (κ3) is 12.9. The van der Waals surface area contributed by atoms with Gasteiger partial charge in [-0.1, -0.05) is 13.8 Å². The SMILES string of the molecule is CC(C)CN[C@@H]1CC[C@H](N2CC[C@H](Nc3ncnc4ccc(C(F)(F)F)cc34)C2=O)[C@H](NC(=O)C2CCC(NC(=O)CCOCCNC(=O)OC(C)(C)C)CC2)C1. The minimum absolute atomic E-state index is 0.0406. The Morgan fingerprint density at radius 3 is 2.39 bits per heavy atom. The molecule has 0 spiro atoms. The van der Waals surface area contributed by atoms with Crippen molar-refractivity contribution in [1.82, 2.24) is 36.1 Å². The smallest absolute Gasteiger partial charge is 0.416 e. The largest absolute Gasteiger partial charge is 0.444 e. The lowest BCUT2D eigenvalue weighted by Crippen LogP contribution is -2.59. The molecule has 4 amide bonds. The Hall–Kier alpha value is -4.25. The second kappa shape index (κ2) is 19.5. The molecule has 0 radical (unpaired) electrons. The fourth-order valence-electron chi connectivity index (χ4n) is 7.86. The quantitative estimate of drug-likeness (QED) is 0.156. The Kier molecular flexibility index (Phi) is 15.0. The Balaban J connectivity index is 1.12. The molecule has 316 valence electrons. The molecule has 1 aromatic heterocycles. The van der Waals surface area contributed by atoms with Crippen LogP contribution in [0.2, 0.25) is 0 Å². The summed E-state index contributed by atoms with van der Waals surface area (Å²) in [7, 11) is 0. The van der Waals surface area contributed by atoms with E-state index in [1.54, 1.807) is 20.8 Å². The first kappa shape index (κ1) is 43.9. The molecule has 4 atom stereocenters. The number of benzene rings is 1. The lowest BCUT2D eigenvalue weighted by atomic mass is 9.83. The monoisotopic (exact) mass is 804 g/mol. The molecule has 17 heteroatoms. The van der Waals surface area contributed by atoms with Crippen molar-refractivity contribution in [3.63, 3.8) is 0 Å². The van der Waals surface area contributed by atoms with E-state index >= 15 is 0 Å². The number of nitrogens with zero attached hydrogens (tertiary/aromatic N) is 3. The van der Waals surface area contributed by atoms with Gasteiger partial charge in [0, 0.05) is 42.9 Å². The highest BCUT2D eigenvalue weighted by molar-refractivity contribution is 5.93. The van der Waals surface area contributed by atoms with Gasteiger partial charge in [-0.25, -0.2) is 14.8 Å². The van der Waals surface area contributed by atoms with Crippen LogP contribution in [0, 0.1) is 11.8 Å². The zero-order valence-corrected chi connectivity index (χ0v) is 33.7. The number of ether oxygens (including phenoxy) is 2. The van der Waals surface area contributed by atoms with Crippen molar-refractivity contribution < 1.29 is 41.8 Å². The fraction of sp³-hybridized carbons (Fsp3) is 0.700. The highest BCUT2D eigenvalue weighted by Gasteiger charge is 2.43. The molecular weight excluding hydrogens is 745 g/mol. The summed E-state index contributed by atoms with van der Waals surface area (Å²) in [6.07, 6.45) is 1.56. The van der Waals surface area contributed by atoms with Crippen LogP contribution in [-0.4, -0.2) is 107 Å². The lowest BCUT2D eigenvalue weighted by molar-refractivity contribution is -0.137. The van der Waals surface area contributed by atoms with Gasteiger partial charge in [-0.3, -0.25) is 14.4 Å². The molecule has 1 aromatic carbocycles. The van der Waals surface area contributed by atoms with Crippen LogP contribution in [0.5, 0.6) is 0 Å². The predicted octanol–water partition coefficient (Wildman–Crippen LogP) is 4.92. The minimum atomic E-state index is -4.54. The number of carbonyl (C=O) groups is 4. The van der Waals surface area contributed by atoms with E-state index < -0.39 is 29.5 Å². The molecule has 2 saturated carbocycles. The number of halogens is 3. The van der Waals surface area contributed by atoms with Crippen LogP contribution in [0.3, 0.4) is 0 Å². The fourth-order valence-corrected chi connectivity index (χ4v) is 7.86. The third-order valence-electron chi connectivity index (χ3n) is 10.7. The summed E-state index contributed by atoms with van der Waals surface area (Å²) < 4.78 is 51.2. The zero-order chi connectivity index (χ0) is 41.3. The topological polar surface area (TPSA) is 176 Å². The van der Waals surface area contributed by atoms with Crippen molar-refractivity contribution in [1.29, 1.82) is 0 Å². The number of amides is 4. The number of hydrogen-bond acceptors (Lipinski definition) is 10. The average molecular weight is 805 g/mol. The summed E-state index contributed by atoms with van der Waals surface area (Å²) in [6.45, 7) is 11.6. The molecule has 14 nitrogen and oxygen atoms in total. The first-order valence-corrected chi connectivity index (χ1v) is 20.2. The maximum atomic E-state index is 14.0. The number of alkyl carbamates (subject to hydrolysis) is 1. The van der Waals surface area contributed by atoms with Crippen LogP contribution in [0.1, 0.15) is 98.0 Å². The minimum Gasteiger partial charge on any atom is -0.444 e. The van der Waals surface area contributed by atoms with Gasteiger partial charge >= 0.3 is 12.3 Å². The molecule has 0 unspecified atom stereocenters. The van der Waals surface area contributed by atoms with Crippen LogP contribution < -0.4 is 26.6 Å². The number of carbonyl (C=O) groups excluding carboxylic acids is 4. The highest BCUT2D eigenvalue weighted by atomic mass is 19.4. The van der Waals surface area contributed by atoms with Crippen LogP contribution in [0.4, 0.5) is 23.8 Å². The van der Waals surface area contributed by atoms with E-state index in [1.165, 1.54) is 12.4 Å². The van der Waals surface area contributed by atoms with Crippen molar-refractivity contribution in [3.8, 4) is 0 Å². The maximum absolute atomic E-state index is 14.0. The van der Waals surface area contributed by atoms with Gasteiger partial charge in [0.25, 0.3) is 0 Å². The first-order valence-electron chi connectivity index (χ1n) is 20.2. The molecule has 1 saturated heterocycles. The molecule has 57 heavy (non-hydrogen) atoms. The summed E-state index contributed by atoms with van der Waals surface area (Å²) in [6, 6.07) is 2.19. The standard InChI is InChI=1S/C40H59F3N8O6/c1-24(2)22-45-28-11-13-33(51-17-14-31(37(51)54)49-35-29-20-26(40(41,42)43)8-12-30(29)46-23-47-35)32(21-28)50-36(53)25-6-9-27(10-7-25)48-34(52)15-18-56-19-16-44-38(55)57-39(3,4)5/h8,12,20,23-25,27-28,31-33,45H,6-7,9-11,13-19,21-22H2,1-5H3,(H,44,55)(H,48,52)(H,50,53)(H,46,47,49)/t25?,27?,28-,31+,32-,33+/m1/s1. The summed E-state index contributed by atoms with van der Waals surface area (Å²) in [5.74, 6) is 0.0364. The summed E-state index contributed by atoms with van der Waals surface area (Å²) >= 11 is 0. The van der Waals surface area contributed by atoms with Crippen molar-refractivity contribution in [2.45, 2.75) is 134 Å². The van der Waals surface area contributed by atoms with E-state index in [0.29, 0.717) is 62.9 Å². The van der Waals surface area contributed by atoms with Gasteiger partial charge < -0.3 is 41.0 Å². The number of likely N-dealkylation sites (tertiary alicyclic amines) is 1. The number of fused-ring (bicyclic) bond motifs is 1. The molecule has 3 fully saturated rings. The highest BCUT2D eigenvalue weighted by Crippen LogP contribution is 2.34. The van der Waals surface area contributed by atoms with Crippen molar-refractivity contribution in [2.24, 2.45) is 11.8 Å². The van der Waals surface area contributed by atoms with Gasteiger partial charge in [-0.15, -0.1) is 0 Å². The second-order valence-electron chi connectivity index (χ2n) is 16.9. The van der Waals surface area contributed by atoms with Crippen molar-refractivity contribution >= 4 is 40.5 Å². The lowest BCUT2D eigenvalue weighted by Gasteiger charge is -2.42. The molecule has 5 N–H and O–H groups in total. The number of anilines is 1. The summed E-state index contributed by atoms with van der Waals surface area (Å²) in [5, 5.41) is 15.9. The van der Waals surface area contributed by atoms with E-state index in [1.807, 2.05) is 4.90 Å². The number of aromatic nitrogens is 2. The van der Waals surface area contributed by atoms with Gasteiger partial charge in [0.05, 0.1) is 36.4 Å². The van der Waals surface area contributed by atoms with Gasteiger partial charge in [0.15, 0.2) is 0 Å². The van der Waals surface area contributed by atoms with E-state index in [0.717, 1.165) is 25.1 Å². The first-order chi connectivity index (χ1) is 27.0. The van der Waals surface area contributed by atoms with Gasteiger partial charge in [-0.2, -0.15) is 13.2 Å². The van der Waals surface area contributed by atoms with Gasteiger partial charge in [0.1, 0.15) is 23.8 Å². The number of alkyl halides is 3. The van der Waals surface area contributed by atoms with Gasteiger partial charge in [-0.05, 0) is 103 Å². The molecule has 2 aromatic rings. The average Bonchev–Trinajstić information content (AvgIpc) is 3.50. The normalized spacial score (nSPS) is 24.4. The van der Waals surface area contributed by atoms with E-state index in [-0.39, 0.29) is 85.2 Å². The van der Waals surface area contributed by atoms with Crippen molar-refractivity contribution in [3.05, 3.63) is 30.1 Å². The Morgan fingerprint density at radius 1 is 0.947 bits per heavy atom. The molecule has 5 rings (SSSR count). The zero-order valence-electron chi connectivity index (χ0n) is 33.7. The molecule has 2 heterocycles. The molecular formula is C40H59F3N8O6. The summed E-state index contributed by atoms with van der Waals surface area (Å²) in [5.41, 5.74) is -1.07. The van der Waals surface area contributed by atoms with E-state index in [9.17, 15) is 32.3 Å². The third-order valence-corrected chi connectivity index (χ3v) is 10.7. The van der Waals surface area contributed by atoms with Crippen LogP contribution in [-0.2, 0) is 30.0 Å². The molecule has 1 aliphatic heterocycles. The van der Waals surface area contributed by atoms with Crippen molar-refractivity contribution in [2.75, 3.05) is 38.2 Å². The van der Waals surface area contributed by atoms with Crippen LogP contribution in [0.25, 0.3) is 10.9 Å². The number of nitrogens with one attached hydrogen (secondary N) is 5. The molecule has 3 aliphatic rings. The van der Waals surface area contributed by atoms with Crippen LogP contribution >= 0.6 is 0 Å². The molecule has 0 bridgehead atoms. The molecule has 2 aliphatic carbocycles.